The van der Waals surface area contributed by atoms with Crippen molar-refractivity contribution in [2.45, 2.75) is 13.3 Å². The van der Waals surface area contributed by atoms with E-state index < -0.39 is 0 Å². The Morgan fingerprint density at radius 3 is 1.78 bits per heavy atom. The fourth-order valence-corrected chi connectivity index (χ4v) is 9.55. The van der Waals surface area contributed by atoms with E-state index in [0.29, 0.717) is 17.6 Å². The molecule has 0 N–H and O–H groups in total. The first-order valence-corrected chi connectivity index (χ1v) is 19.3. The Hall–Kier alpha value is -6.69. The average molecular weight is 709 g/mol. The number of hydrogen-bond donors (Lipinski definition) is 0. The van der Waals surface area contributed by atoms with Gasteiger partial charge in [-0.25, -0.2) is 4.98 Å². The van der Waals surface area contributed by atoms with Crippen LogP contribution in [0, 0.1) is 0 Å². The summed E-state index contributed by atoms with van der Waals surface area (Å²) in [6.45, 7) is 2.23. The largest absolute Gasteiger partial charge is 0.277 e. The van der Waals surface area contributed by atoms with Crippen LogP contribution in [0.15, 0.2) is 164 Å². The summed E-state index contributed by atoms with van der Waals surface area (Å²) in [7, 11) is 0. The Kier molecular flexibility index (Phi) is 6.97. The summed E-state index contributed by atoms with van der Waals surface area (Å²) >= 11 is 1.86. The number of hydrogen-bond acceptors (Lipinski definition) is 4. The molecule has 0 aliphatic heterocycles. The van der Waals surface area contributed by atoms with Crippen molar-refractivity contribution in [1.82, 2.24) is 19.5 Å². The fourth-order valence-electron chi connectivity index (χ4n) is 8.32. The number of nitrogens with zero attached hydrogens (tertiary/aromatic N) is 4. The van der Waals surface area contributed by atoms with Gasteiger partial charge in [-0.1, -0.05) is 159 Å². The molecule has 3 aromatic heterocycles. The maximum atomic E-state index is 5.38. The second-order valence-corrected chi connectivity index (χ2v) is 14.9. The van der Waals surface area contributed by atoms with Crippen molar-refractivity contribution < 1.29 is 0 Å². The second-order valence-electron chi connectivity index (χ2n) is 13.8. The minimum absolute atomic E-state index is 0.595. The van der Waals surface area contributed by atoms with Gasteiger partial charge >= 0.3 is 0 Å². The lowest BCUT2D eigenvalue weighted by Crippen LogP contribution is -2.07. The predicted octanol–water partition coefficient (Wildman–Crippen LogP) is 13.2. The molecule has 0 amide bonds. The van der Waals surface area contributed by atoms with E-state index >= 15 is 0 Å². The molecule has 0 saturated heterocycles. The second kappa shape index (κ2) is 12.2. The molecule has 0 bridgehead atoms. The summed E-state index contributed by atoms with van der Waals surface area (Å²) in [6.07, 6.45) is 0.936. The summed E-state index contributed by atoms with van der Waals surface area (Å²) in [6, 6.07) is 58.5. The van der Waals surface area contributed by atoms with Gasteiger partial charge in [0.25, 0.3) is 0 Å². The molecule has 0 saturated carbocycles. The molecule has 5 heteroatoms. The fraction of sp³-hybridized carbons (Fsp3) is 0.0408. The summed E-state index contributed by atoms with van der Waals surface area (Å²) in [4.78, 5) is 15.8. The zero-order valence-corrected chi connectivity index (χ0v) is 30.3. The van der Waals surface area contributed by atoms with Crippen LogP contribution in [0.4, 0.5) is 0 Å². The van der Waals surface area contributed by atoms with Crippen LogP contribution >= 0.6 is 11.3 Å². The highest BCUT2D eigenvalue weighted by molar-refractivity contribution is 7.26. The molecule has 0 aliphatic carbocycles. The van der Waals surface area contributed by atoms with Gasteiger partial charge in [0.1, 0.15) is 0 Å². The topological polar surface area (TPSA) is 43.6 Å². The molecule has 0 spiro atoms. The quantitative estimate of drug-likeness (QED) is 0.167. The number of aromatic nitrogens is 4. The predicted molar refractivity (Wildman–Crippen MR) is 228 cm³/mol. The number of para-hydroxylation sites is 1. The molecular weight excluding hydrogens is 677 g/mol. The molecule has 0 radical (unpaired) electrons. The Morgan fingerprint density at radius 1 is 0.463 bits per heavy atom. The monoisotopic (exact) mass is 708 g/mol. The Balaban J connectivity index is 1.37. The third-order valence-electron chi connectivity index (χ3n) is 10.8. The number of aryl methyl sites for hydroxylation is 1. The van der Waals surface area contributed by atoms with Gasteiger partial charge in [-0.3, -0.25) is 4.57 Å². The Bertz CT molecular complexity index is 3190. The van der Waals surface area contributed by atoms with E-state index in [-0.39, 0.29) is 0 Å². The van der Waals surface area contributed by atoms with Crippen molar-refractivity contribution in [3.05, 3.63) is 169 Å². The van der Waals surface area contributed by atoms with E-state index in [1.54, 1.807) is 0 Å². The Labute approximate surface area is 315 Å². The normalized spacial score (nSPS) is 11.9. The van der Waals surface area contributed by atoms with Gasteiger partial charge in [-0.15, -0.1) is 11.3 Å². The standard InChI is InChI=1S/C49H32N4S/c1-2-30-27-28-34-33-19-9-10-21-36(33)43-40-25-13-22-37(39-24-14-23-38-35-20-11-12-26-42(35)54-46(38)39)44(40)53(45(43)41(34)29-30)49-51-47(31-15-5-3-6-16-31)50-48(52-49)32-17-7-4-8-18-32/h3-29H,2H2,1H3. The molecule has 0 unspecified atom stereocenters. The van der Waals surface area contributed by atoms with Crippen molar-refractivity contribution in [2.75, 3.05) is 0 Å². The lowest BCUT2D eigenvalue weighted by Gasteiger charge is -2.15. The number of benzene rings is 8. The minimum atomic E-state index is 0.595. The molecule has 0 aliphatic rings. The third-order valence-corrected chi connectivity index (χ3v) is 12.0. The Morgan fingerprint density at radius 2 is 1.06 bits per heavy atom. The molecule has 3 heterocycles. The lowest BCUT2D eigenvalue weighted by molar-refractivity contribution is 0.955. The van der Waals surface area contributed by atoms with E-state index in [1.807, 2.05) is 47.7 Å². The molecule has 254 valence electrons. The zero-order chi connectivity index (χ0) is 35.8. The molecule has 0 atom stereocenters. The molecule has 0 fully saturated rings. The van der Waals surface area contributed by atoms with Crippen molar-refractivity contribution in [3.63, 3.8) is 0 Å². The highest BCUT2D eigenvalue weighted by Crippen LogP contribution is 2.47. The molecule has 4 nitrogen and oxygen atoms in total. The van der Waals surface area contributed by atoms with E-state index in [1.165, 1.54) is 63.6 Å². The summed E-state index contributed by atoms with van der Waals surface area (Å²) in [5, 5.41) is 9.79. The van der Waals surface area contributed by atoms with Crippen LogP contribution in [0.3, 0.4) is 0 Å². The summed E-state index contributed by atoms with van der Waals surface area (Å²) in [5.41, 5.74) is 7.71. The summed E-state index contributed by atoms with van der Waals surface area (Å²) in [5.74, 6) is 1.87. The molecule has 54 heavy (non-hydrogen) atoms. The van der Waals surface area contributed by atoms with Gasteiger partial charge in [0.05, 0.1) is 11.0 Å². The first kappa shape index (κ1) is 30.9. The summed E-state index contributed by atoms with van der Waals surface area (Å²) < 4.78 is 4.91. The molecular formula is C49H32N4S. The highest BCUT2D eigenvalue weighted by atomic mass is 32.1. The van der Waals surface area contributed by atoms with Crippen LogP contribution in [-0.2, 0) is 6.42 Å². The smallest absolute Gasteiger partial charge is 0.238 e. The lowest BCUT2D eigenvalue weighted by atomic mass is 9.94. The van der Waals surface area contributed by atoms with E-state index in [0.717, 1.165) is 34.1 Å². The highest BCUT2D eigenvalue weighted by Gasteiger charge is 2.25. The van der Waals surface area contributed by atoms with Gasteiger partial charge in [0, 0.05) is 58.6 Å². The van der Waals surface area contributed by atoms with Gasteiger partial charge < -0.3 is 0 Å². The van der Waals surface area contributed by atoms with Gasteiger partial charge in [-0.05, 0) is 40.3 Å². The van der Waals surface area contributed by atoms with Crippen LogP contribution in [0.5, 0.6) is 0 Å². The first-order valence-electron chi connectivity index (χ1n) is 18.4. The van der Waals surface area contributed by atoms with Gasteiger partial charge in [0.2, 0.25) is 5.95 Å². The van der Waals surface area contributed by atoms with E-state index in [2.05, 4.69) is 139 Å². The third kappa shape index (κ3) is 4.65. The minimum Gasteiger partial charge on any atom is -0.277 e. The van der Waals surface area contributed by atoms with Gasteiger partial charge in [-0.2, -0.15) is 9.97 Å². The van der Waals surface area contributed by atoms with Crippen molar-refractivity contribution in [3.8, 4) is 39.9 Å². The SMILES string of the molecule is CCc1ccc2c3ccccc3c3c4cccc(-c5cccc6c5sc5ccccc56)c4n(-c4nc(-c5ccccc5)nc(-c5ccccc5)n4)c3c2c1. The van der Waals surface area contributed by atoms with Crippen LogP contribution in [0.1, 0.15) is 12.5 Å². The number of rotatable bonds is 5. The number of fused-ring (bicyclic) bond motifs is 11. The first-order chi connectivity index (χ1) is 26.7. The maximum Gasteiger partial charge on any atom is 0.238 e. The van der Waals surface area contributed by atoms with Gasteiger partial charge in [0.15, 0.2) is 11.6 Å². The number of thiophene rings is 1. The molecule has 11 rings (SSSR count). The van der Waals surface area contributed by atoms with Crippen LogP contribution in [0.2, 0.25) is 0 Å². The van der Waals surface area contributed by atoms with Crippen LogP contribution in [0.25, 0.3) is 103 Å². The van der Waals surface area contributed by atoms with E-state index in [4.69, 9.17) is 15.0 Å². The molecule has 8 aromatic carbocycles. The van der Waals surface area contributed by atoms with Crippen LogP contribution in [-0.4, -0.2) is 19.5 Å². The van der Waals surface area contributed by atoms with Crippen molar-refractivity contribution in [2.24, 2.45) is 0 Å². The van der Waals surface area contributed by atoms with Crippen LogP contribution < -0.4 is 0 Å². The maximum absolute atomic E-state index is 5.38. The molecule has 11 aromatic rings. The zero-order valence-electron chi connectivity index (χ0n) is 29.5. The van der Waals surface area contributed by atoms with Crippen molar-refractivity contribution in [1.29, 1.82) is 0 Å². The average Bonchev–Trinajstić information content (AvgIpc) is 3.81. The van der Waals surface area contributed by atoms with E-state index in [9.17, 15) is 0 Å². The van der Waals surface area contributed by atoms with Crippen molar-refractivity contribution >= 4 is 74.9 Å².